The molecule has 0 saturated carbocycles. The maximum Gasteiger partial charge on any atom is 0.0491 e. The van der Waals surface area contributed by atoms with Gasteiger partial charge in [0.2, 0.25) is 0 Å². The highest BCUT2D eigenvalue weighted by atomic mass is 35.5. The largest absolute Gasteiger partial charge is 0.343 e. The maximum atomic E-state index is 6.35. The molecule has 0 aliphatic carbocycles. The molecule has 1 atom stereocenters. The molecule has 0 aliphatic rings. The third-order valence-corrected chi connectivity index (χ3v) is 5.07. The Hall–Kier alpha value is -1.48. The molecule has 0 fully saturated rings. The number of fused-ring (bicyclic) bond motifs is 1. The van der Waals surface area contributed by atoms with Crippen LogP contribution in [0.15, 0.2) is 48.7 Å². The fraction of sp³-hybridized carbons (Fsp3) is 0.300. The minimum absolute atomic E-state index is 0.512. The molecule has 4 heteroatoms. The van der Waals surface area contributed by atoms with Crippen LogP contribution in [0.25, 0.3) is 10.9 Å². The van der Waals surface area contributed by atoms with Crippen molar-refractivity contribution in [2.45, 2.75) is 39.4 Å². The molecule has 24 heavy (non-hydrogen) atoms. The Labute approximate surface area is 153 Å². The summed E-state index contributed by atoms with van der Waals surface area (Å²) in [6.07, 6.45) is 3.35. The van der Waals surface area contributed by atoms with Crippen LogP contribution in [0.5, 0.6) is 0 Å². The van der Waals surface area contributed by atoms with Crippen LogP contribution in [-0.2, 0) is 13.1 Å². The molecule has 0 radical (unpaired) electrons. The predicted molar refractivity (Wildman–Crippen MR) is 104 cm³/mol. The van der Waals surface area contributed by atoms with E-state index in [4.69, 9.17) is 23.2 Å². The quantitative estimate of drug-likeness (QED) is 0.580. The van der Waals surface area contributed by atoms with E-state index in [0.29, 0.717) is 16.1 Å². The molecule has 126 valence electrons. The first kappa shape index (κ1) is 17.3. The lowest BCUT2D eigenvalue weighted by atomic mass is 10.1. The van der Waals surface area contributed by atoms with E-state index < -0.39 is 0 Å². The van der Waals surface area contributed by atoms with E-state index in [1.807, 2.05) is 12.1 Å². The predicted octanol–water partition coefficient (Wildman–Crippen LogP) is 5.88. The van der Waals surface area contributed by atoms with Crippen LogP contribution in [0.2, 0.25) is 10.0 Å². The molecular weight excluding hydrogens is 339 g/mol. The molecule has 0 saturated heterocycles. The van der Waals surface area contributed by atoms with Crippen LogP contribution in [0.3, 0.4) is 0 Å². The Morgan fingerprint density at radius 1 is 1.08 bits per heavy atom. The Morgan fingerprint density at radius 2 is 1.88 bits per heavy atom. The zero-order chi connectivity index (χ0) is 17.1. The van der Waals surface area contributed by atoms with Gasteiger partial charge in [-0.1, -0.05) is 54.4 Å². The SMILES string of the molecule is CC[C@@H](C)NCc1cn(Cc2ccc(Cl)cc2Cl)c2ccccc12. The summed E-state index contributed by atoms with van der Waals surface area (Å²) < 4.78 is 2.26. The summed E-state index contributed by atoms with van der Waals surface area (Å²) in [6.45, 7) is 6.02. The Morgan fingerprint density at radius 3 is 2.62 bits per heavy atom. The van der Waals surface area contributed by atoms with Gasteiger partial charge in [-0.2, -0.15) is 0 Å². The van der Waals surface area contributed by atoms with E-state index in [9.17, 15) is 0 Å². The Balaban J connectivity index is 1.93. The molecule has 3 aromatic rings. The summed E-state index contributed by atoms with van der Waals surface area (Å²) in [5, 5.41) is 6.24. The fourth-order valence-corrected chi connectivity index (χ4v) is 3.32. The number of rotatable bonds is 6. The Kier molecular flexibility index (Phi) is 5.50. The first-order chi connectivity index (χ1) is 11.6. The number of nitrogens with one attached hydrogen (secondary N) is 1. The third kappa shape index (κ3) is 3.77. The highest BCUT2D eigenvalue weighted by molar-refractivity contribution is 6.35. The van der Waals surface area contributed by atoms with E-state index in [-0.39, 0.29) is 0 Å². The van der Waals surface area contributed by atoms with Gasteiger partial charge in [0.15, 0.2) is 0 Å². The van der Waals surface area contributed by atoms with Crippen molar-refractivity contribution < 1.29 is 0 Å². The summed E-state index contributed by atoms with van der Waals surface area (Å²) >= 11 is 12.4. The molecule has 2 aromatic carbocycles. The normalized spacial score (nSPS) is 12.7. The van der Waals surface area contributed by atoms with Gasteiger partial charge in [-0.3, -0.25) is 0 Å². The molecule has 1 N–H and O–H groups in total. The number of hydrogen-bond donors (Lipinski definition) is 1. The van der Waals surface area contributed by atoms with Crippen molar-refractivity contribution in [1.29, 1.82) is 0 Å². The number of halogens is 2. The minimum atomic E-state index is 0.512. The van der Waals surface area contributed by atoms with Gasteiger partial charge in [-0.05, 0) is 42.7 Å². The second kappa shape index (κ2) is 7.60. The highest BCUT2D eigenvalue weighted by Crippen LogP contribution is 2.26. The minimum Gasteiger partial charge on any atom is -0.343 e. The van der Waals surface area contributed by atoms with E-state index in [1.54, 1.807) is 6.07 Å². The van der Waals surface area contributed by atoms with Crippen LogP contribution in [-0.4, -0.2) is 10.6 Å². The van der Waals surface area contributed by atoms with Gasteiger partial charge >= 0.3 is 0 Å². The van der Waals surface area contributed by atoms with Crippen molar-refractivity contribution in [2.75, 3.05) is 0 Å². The smallest absolute Gasteiger partial charge is 0.0491 e. The van der Waals surface area contributed by atoms with Crippen molar-refractivity contribution >= 4 is 34.1 Å². The van der Waals surface area contributed by atoms with Gasteiger partial charge in [-0.25, -0.2) is 0 Å². The summed E-state index contributed by atoms with van der Waals surface area (Å²) in [4.78, 5) is 0. The topological polar surface area (TPSA) is 17.0 Å². The zero-order valence-electron chi connectivity index (χ0n) is 14.0. The van der Waals surface area contributed by atoms with Crippen LogP contribution in [0, 0.1) is 0 Å². The average molecular weight is 361 g/mol. The summed E-state index contributed by atoms with van der Waals surface area (Å²) in [7, 11) is 0. The van der Waals surface area contributed by atoms with Crippen molar-refractivity contribution in [3.8, 4) is 0 Å². The standard InChI is InChI=1S/C20H22Cl2N2/c1-3-14(2)23-11-16-13-24(20-7-5-4-6-18(16)20)12-15-8-9-17(21)10-19(15)22/h4-10,13-14,23H,3,11-12H2,1-2H3/t14-/m1/s1. The van der Waals surface area contributed by atoms with Gasteiger partial charge in [0.1, 0.15) is 0 Å². The second-order valence-electron chi connectivity index (χ2n) is 6.23. The molecule has 0 bridgehead atoms. The lowest BCUT2D eigenvalue weighted by molar-refractivity contribution is 0.535. The van der Waals surface area contributed by atoms with Crippen LogP contribution < -0.4 is 5.32 Å². The molecule has 1 heterocycles. The summed E-state index contributed by atoms with van der Waals surface area (Å²) in [5.74, 6) is 0. The maximum absolute atomic E-state index is 6.35. The van der Waals surface area contributed by atoms with Crippen LogP contribution >= 0.6 is 23.2 Å². The lowest BCUT2D eigenvalue weighted by Gasteiger charge is -2.10. The Bertz CT molecular complexity index is 839. The molecule has 0 unspecified atom stereocenters. The van der Waals surface area contributed by atoms with Gasteiger partial charge < -0.3 is 9.88 Å². The van der Waals surface area contributed by atoms with Crippen LogP contribution in [0.4, 0.5) is 0 Å². The monoisotopic (exact) mass is 360 g/mol. The van der Waals surface area contributed by atoms with E-state index in [2.05, 4.69) is 54.2 Å². The van der Waals surface area contributed by atoms with Crippen molar-refractivity contribution in [1.82, 2.24) is 9.88 Å². The second-order valence-corrected chi connectivity index (χ2v) is 7.07. The zero-order valence-corrected chi connectivity index (χ0v) is 15.5. The van der Waals surface area contributed by atoms with Gasteiger partial charge in [0.25, 0.3) is 0 Å². The fourth-order valence-electron chi connectivity index (χ4n) is 2.86. The number of aromatic nitrogens is 1. The third-order valence-electron chi connectivity index (χ3n) is 4.48. The molecule has 1 aromatic heterocycles. The van der Waals surface area contributed by atoms with Crippen LogP contribution in [0.1, 0.15) is 31.4 Å². The van der Waals surface area contributed by atoms with Gasteiger partial charge in [-0.15, -0.1) is 0 Å². The van der Waals surface area contributed by atoms with E-state index in [0.717, 1.165) is 25.1 Å². The number of benzene rings is 2. The first-order valence-electron chi connectivity index (χ1n) is 8.32. The number of hydrogen-bond acceptors (Lipinski definition) is 1. The van der Waals surface area contributed by atoms with E-state index >= 15 is 0 Å². The van der Waals surface area contributed by atoms with Crippen molar-refractivity contribution in [3.63, 3.8) is 0 Å². The lowest BCUT2D eigenvalue weighted by Crippen LogP contribution is -2.24. The summed E-state index contributed by atoms with van der Waals surface area (Å²) in [5.41, 5.74) is 3.61. The molecule has 0 spiro atoms. The van der Waals surface area contributed by atoms with Gasteiger partial charge in [0.05, 0.1) is 0 Å². The van der Waals surface area contributed by atoms with E-state index in [1.165, 1.54) is 16.5 Å². The molecule has 0 amide bonds. The first-order valence-corrected chi connectivity index (χ1v) is 9.08. The molecule has 2 nitrogen and oxygen atoms in total. The molecule has 3 rings (SSSR count). The molecule has 0 aliphatic heterocycles. The highest BCUT2D eigenvalue weighted by Gasteiger charge is 2.10. The number of para-hydroxylation sites is 1. The van der Waals surface area contributed by atoms with Gasteiger partial charge in [0, 0.05) is 46.3 Å². The molecular formula is C20H22Cl2N2. The number of nitrogens with zero attached hydrogens (tertiary/aromatic N) is 1. The summed E-state index contributed by atoms with van der Waals surface area (Å²) in [6, 6.07) is 14.7. The average Bonchev–Trinajstić information content (AvgIpc) is 2.93. The van der Waals surface area contributed by atoms with Crippen molar-refractivity contribution in [2.24, 2.45) is 0 Å². The van der Waals surface area contributed by atoms with Crippen molar-refractivity contribution in [3.05, 3.63) is 69.8 Å².